The monoisotopic (exact) mass is 384 g/mol. The van der Waals surface area contributed by atoms with Crippen molar-refractivity contribution in [2.75, 3.05) is 19.1 Å². The Bertz CT molecular complexity index is 1180. The van der Waals surface area contributed by atoms with Gasteiger partial charge in [0.05, 0.1) is 12.7 Å². The van der Waals surface area contributed by atoms with E-state index in [-0.39, 0.29) is 22.8 Å². The number of ether oxygens (including phenoxy) is 2. The zero-order valence-corrected chi connectivity index (χ0v) is 15.8. The highest BCUT2D eigenvalue weighted by Gasteiger charge is 2.60. The van der Waals surface area contributed by atoms with E-state index < -0.39 is 11.3 Å². The van der Waals surface area contributed by atoms with Crippen molar-refractivity contribution in [3.63, 3.8) is 0 Å². The van der Waals surface area contributed by atoms with Crippen LogP contribution in [0.4, 0.5) is 5.69 Å². The summed E-state index contributed by atoms with van der Waals surface area (Å²) >= 11 is 0. The second kappa shape index (κ2) is 6.43. The van der Waals surface area contributed by atoms with Crippen molar-refractivity contribution in [1.29, 1.82) is 10.5 Å². The Kier molecular flexibility index (Phi) is 4.03. The maximum atomic E-state index is 13.5. The Morgan fingerprint density at radius 3 is 2.34 bits per heavy atom. The standard InChI is InChI=1S/C22H16N4O3/c1-26-18-6-4-3-5-15(18)22(21(26)27)16(11-23)19(29-20(25)17(22)12-24)13-7-9-14(28-2)10-8-13/h3-10H,25H2,1-2H3/t22-/m0/s1. The highest BCUT2D eigenvalue weighted by atomic mass is 16.5. The van der Waals surface area contributed by atoms with Gasteiger partial charge in [-0.1, -0.05) is 18.2 Å². The Morgan fingerprint density at radius 1 is 1.07 bits per heavy atom. The van der Waals surface area contributed by atoms with Crippen molar-refractivity contribution in [2.24, 2.45) is 5.73 Å². The van der Waals surface area contributed by atoms with E-state index in [1.54, 1.807) is 62.7 Å². The van der Waals surface area contributed by atoms with Crippen LogP contribution in [0.5, 0.6) is 5.75 Å². The number of nitriles is 2. The van der Waals surface area contributed by atoms with Crippen LogP contribution < -0.4 is 15.4 Å². The van der Waals surface area contributed by atoms with Gasteiger partial charge < -0.3 is 20.1 Å². The molecule has 2 aromatic rings. The van der Waals surface area contributed by atoms with Gasteiger partial charge in [0.15, 0.2) is 11.2 Å². The van der Waals surface area contributed by atoms with Crippen LogP contribution in [0.2, 0.25) is 0 Å². The van der Waals surface area contributed by atoms with E-state index >= 15 is 0 Å². The minimum absolute atomic E-state index is 0.0233. The lowest BCUT2D eigenvalue weighted by atomic mass is 9.68. The van der Waals surface area contributed by atoms with Crippen molar-refractivity contribution in [2.45, 2.75) is 5.41 Å². The molecule has 0 saturated carbocycles. The van der Waals surface area contributed by atoms with Gasteiger partial charge in [-0.25, -0.2) is 0 Å². The molecule has 2 aliphatic rings. The molecule has 0 saturated heterocycles. The van der Waals surface area contributed by atoms with Crippen molar-refractivity contribution in [1.82, 2.24) is 0 Å². The zero-order chi connectivity index (χ0) is 20.8. The number of hydrogen-bond acceptors (Lipinski definition) is 6. The summed E-state index contributed by atoms with van der Waals surface area (Å²) in [5.74, 6) is 0.145. The van der Waals surface area contributed by atoms with Crippen LogP contribution in [0.15, 0.2) is 65.6 Å². The summed E-state index contributed by atoms with van der Waals surface area (Å²) in [6, 6.07) is 18.0. The summed E-state index contributed by atoms with van der Waals surface area (Å²) in [5, 5.41) is 20.0. The number of methoxy groups -OCH3 is 1. The number of para-hydroxylation sites is 1. The lowest BCUT2D eigenvalue weighted by Crippen LogP contribution is -2.45. The molecule has 0 aromatic heterocycles. The van der Waals surface area contributed by atoms with Crippen molar-refractivity contribution in [3.05, 3.63) is 76.7 Å². The molecule has 2 N–H and O–H groups in total. The fraction of sp³-hybridized carbons (Fsp3) is 0.136. The molecular weight excluding hydrogens is 368 g/mol. The predicted molar refractivity (Wildman–Crippen MR) is 105 cm³/mol. The smallest absolute Gasteiger partial charge is 0.248 e. The first-order valence-corrected chi connectivity index (χ1v) is 8.75. The van der Waals surface area contributed by atoms with E-state index in [4.69, 9.17) is 15.2 Å². The summed E-state index contributed by atoms with van der Waals surface area (Å²) < 4.78 is 10.9. The van der Waals surface area contributed by atoms with Crippen LogP contribution in [0.25, 0.3) is 5.76 Å². The molecule has 0 fully saturated rings. The fourth-order valence-electron chi connectivity index (χ4n) is 3.95. The highest BCUT2D eigenvalue weighted by molar-refractivity contribution is 6.15. The molecule has 7 heteroatoms. The van der Waals surface area contributed by atoms with Gasteiger partial charge in [0.1, 0.15) is 23.5 Å². The lowest BCUT2D eigenvalue weighted by molar-refractivity contribution is -0.120. The van der Waals surface area contributed by atoms with Gasteiger partial charge >= 0.3 is 0 Å². The second-order valence-corrected chi connectivity index (χ2v) is 6.63. The summed E-state index contributed by atoms with van der Waals surface area (Å²) in [6.45, 7) is 0. The summed E-state index contributed by atoms with van der Waals surface area (Å²) in [5.41, 5.74) is 6.07. The Morgan fingerprint density at radius 2 is 1.72 bits per heavy atom. The molecule has 1 spiro atoms. The number of nitrogens with two attached hydrogens (primary N) is 1. The third-order valence-corrected chi connectivity index (χ3v) is 5.31. The molecule has 142 valence electrons. The number of anilines is 1. The molecule has 7 nitrogen and oxygen atoms in total. The maximum absolute atomic E-state index is 13.5. The topological polar surface area (TPSA) is 112 Å². The van der Waals surface area contributed by atoms with E-state index in [1.165, 1.54) is 4.90 Å². The number of carbonyl (C=O) groups excluding carboxylic acids is 1. The van der Waals surface area contributed by atoms with Crippen LogP contribution in [0.3, 0.4) is 0 Å². The lowest BCUT2D eigenvalue weighted by Gasteiger charge is -2.33. The number of hydrogen-bond donors (Lipinski definition) is 1. The van der Waals surface area contributed by atoms with E-state index in [9.17, 15) is 15.3 Å². The van der Waals surface area contributed by atoms with E-state index in [2.05, 4.69) is 6.07 Å². The molecule has 2 aliphatic heterocycles. The second-order valence-electron chi connectivity index (χ2n) is 6.63. The number of amides is 1. The van der Waals surface area contributed by atoms with Crippen LogP contribution in [-0.2, 0) is 14.9 Å². The molecular formula is C22H16N4O3. The number of nitrogens with zero attached hydrogens (tertiary/aromatic N) is 3. The van der Waals surface area contributed by atoms with Crippen molar-refractivity contribution >= 4 is 17.4 Å². The third kappa shape index (κ3) is 2.25. The van der Waals surface area contributed by atoms with Gasteiger partial charge in [-0.2, -0.15) is 10.5 Å². The average Bonchev–Trinajstić information content (AvgIpc) is 2.97. The molecule has 0 radical (unpaired) electrons. The van der Waals surface area contributed by atoms with Crippen molar-refractivity contribution < 1.29 is 14.3 Å². The van der Waals surface area contributed by atoms with Crippen LogP contribution in [0, 0.1) is 22.7 Å². The van der Waals surface area contributed by atoms with Gasteiger partial charge in [0.2, 0.25) is 11.8 Å². The van der Waals surface area contributed by atoms with Gasteiger partial charge in [-0.3, -0.25) is 4.79 Å². The van der Waals surface area contributed by atoms with Gasteiger partial charge in [0, 0.05) is 23.9 Å². The quantitative estimate of drug-likeness (QED) is 0.851. The minimum atomic E-state index is -1.65. The predicted octanol–water partition coefficient (Wildman–Crippen LogP) is 2.57. The Balaban J connectivity index is 2.08. The van der Waals surface area contributed by atoms with Crippen LogP contribution >= 0.6 is 0 Å². The molecule has 1 atom stereocenters. The molecule has 0 aliphatic carbocycles. The van der Waals surface area contributed by atoms with Gasteiger partial charge in [-0.05, 0) is 30.3 Å². The minimum Gasteiger partial charge on any atom is -0.497 e. The molecule has 29 heavy (non-hydrogen) atoms. The normalized spacial score (nSPS) is 20.3. The zero-order valence-electron chi connectivity index (χ0n) is 15.8. The molecule has 0 bridgehead atoms. The molecule has 2 aromatic carbocycles. The average molecular weight is 384 g/mol. The van der Waals surface area contributed by atoms with E-state index in [0.717, 1.165) is 0 Å². The van der Waals surface area contributed by atoms with Gasteiger partial charge in [-0.15, -0.1) is 0 Å². The SMILES string of the molecule is COc1ccc(C2=C(C#N)[C@]3(C(=O)N(C)c4ccccc43)C(C#N)=C(N)O2)cc1. The third-order valence-electron chi connectivity index (χ3n) is 5.31. The van der Waals surface area contributed by atoms with Gasteiger partial charge in [0.25, 0.3) is 0 Å². The van der Waals surface area contributed by atoms with Crippen LogP contribution in [-0.4, -0.2) is 20.1 Å². The Hall–Kier alpha value is -4.23. The summed E-state index contributed by atoms with van der Waals surface area (Å²) in [4.78, 5) is 15.0. The van der Waals surface area contributed by atoms with E-state index in [1.807, 2.05) is 6.07 Å². The number of benzene rings is 2. The summed E-state index contributed by atoms with van der Waals surface area (Å²) in [7, 11) is 3.16. The molecule has 4 rings (SSSR count). The summed E-state index contributed by atoms with van der Waals surface area (Å²) in [6.07, 6.45) is 0. The number of carbonyl (C=O) groups is 1. The maximum Gasteiger partial charge on any atom is 0.248 e. The largest absolute Gasteiger partial charge is 0.497 e. The first-order chi connectivity index (χ1) is 14.0. The Labute approximate surface area is 167 Å². The number of rotatable bonds is 2. The van der Waals surface area contributed by atoms with E-state index in [0.29, 0.717) is 22.6 Å². The first kappa shape index (κ1) is 18.1. The number of likely N-dealkylation sites (N-methyl/N-ethyl adjacent to an activating group) is 1. The van der Waals surface area contributed by atoms with Crippen molar-refractivity contribution in [3.8, 4) is 17.9 Å². The number of fused-ring (bicyclic) bond motifs is 2. The first-order valence-electron chi connectivity index (χ1n) is 8.75. The fourth-order valence-corrected chi connectivity index (χ4v) is 3.95. The molecule has 1 amide bonds. The highest BCUT2D eigenvalue weighted by Crippen LogP contribution is 2.54. The van der Waals surface area contributed by atoms with Crippen LogP contribution in [0.1, 0.15) is 11.1 Å². The molecule has 2 heterocycles. The molecule has 0 unspecified atom stereocenters.